The molecular weight excluding hydrogens is 368 g/mol. The minimum atomic E-state index is -0.754. The van der Waals surface area contributed by atoms with Crippen molar-refractivity contribution < 1.29 is 19.1 Å². The second-order valence-corrected chi connectivity index (χ2v) is 6.77. The fourth-order valence-electron chi connectivity index (χ4n) is 3.01. The molecule has 0 aromatic heterocycles. The minimum absolute atomic E-state index is 0.0957. The number of nitrogens with zero attached hydrogens (tertiary/aromatic N) is 1. The van der Waals surface area contributed by atoms with Gasteiger partial charge in [0.05, 0.1) is 12.3 Å². The van der Waals surface area contributed by atoms with Crippen molar-refractivity contribution in [3.8, 4) is 5.75 Å². The highest BCUT2D eigenvalue weighted by atomic mass is 16.5. The first-order valence-corrected chi connectivity index (χ1v) is 9.79. The number of barbiturate groups is 1. The molecule has 0 saturated carbocycles. The Hall–Kier alpha value is -3.41. The molecule has 2 aromatic rings. The summed E-state index contributed by atoms with van der Waals surface area (Å²) in [6.07, 6.45) is 6.02. The maximum absolute atomic E-state index is 12.8. The van der Waals surface area contributed by atoms with Gasteiger partial charge in [0.25, 0.3) is 11.8 Å². The number of carbonyl (C=O) groups is 3. The average molecular weight is 392 g/mol. The molecule has 1 aliphatic rings. The lowest BCUT2D eigenvalue weighted by Gasteiger charge is -2.26. The van der Waals surface area contributed by atoms with E-state index in [0.29, 0.717) is 17.9 Å². The van der Waals surface area contributed by atoms with E-state index in [-0.39, 0.29) is 5.57 Å². The second-order valence-electron chi connectivity index (χ2n) is 6.77. The van der Waals surface area contributed by atoms with Crippen LogP contribution in [0.5, 0.6) is 5.75 Å². The van der Waals surface area contributed by atoms with E-state index in [1.165, 1.54) is 18.9 Å². The highest BCUT2D eigenvalue weighted by Gasteiger charge is 2.36. The topological polar surface area (TPSA) is 75.7 Å². The number of carbonyl (C=O) groups excluding carboxylic acids is 3. The minimum Gasteiger partial charge on any atom is -0.494 e. The molecule has 0 aliphatic carbocycles. The third-order valence-corrected chi connectivity index (χ3v) is 4.57. The first-order chi connectivity index (χ1) is 14.1. The quantitative estimate of drug-likeness (QED) is 0.413. The Balaban J connectivity index is 1.72. The zero-order valence-electron chi connectivity index (χ0n) is 16.4. The lowest BCUT2D eigenvalue weighted by atomic mass is 10.1. The Morgan fingerprint density at radius 2 is 1.66 bits per heavy atom. The van der Waals surface area contributed by atoms with Gasteiger partial charge in [-0.25, -0.2) is 9.69 Å². The molecule has 0 bridgehead atoms. The SMILES string of the molecule is CCCCCCOc1ccc(/C=C2/C(=O)NC(=O)N(c3ccccc3)C2=O)cc1. The van der Waals surface area contributed by atoms with Crippen LogP contribution in [0.25, 0.3) is 6.08 Å². The number of ether oxygens (including phenoxy) is 1. The van der Waals surface area contributed by atoms with Gasteiger partial charge in [-0.2, -0.15) is 0 Å². The van der Waals surface area contributed by atoms with Crippen LogP contribution in [0.2, 0.25) is 0 Å². The second kappa shape index (κ2) is 9.68. The maximum Gasteiger partial charge on any atom is 0.335 e. The van der Waals surface area contributed by atoms with Gasteiger partial charge in [0.1, 0.15) is 11.3 Å². The van der Waals surface area contributed by atoms with Crippen molar-refractivity contribution in [1.29, 1.82) is 0 Å². The van der Waals surface area contributed by atoms with Crippen LogP contribution in [0.15, 0.2) is 60.2 Å². The van der Waals surface area contributed by atoms with Crippen molar-refractivity contribution in [3.05, 3.63) is 65.7 Å². The molecule has 2 aromatic carbocycles. The predicted octanol–water partition coefficient (Wildman–Crippen LogP) is 4.31. The summed E-state index contributed by atoms with van der Waals surface area (Å²) in [4.78, 5) is 38.1. The van der Waals surface area contributed by atoms with Crippen molar-refractivity contribution in [1.82, 2.24) is 5.32 Å². The molecule has 0 radical (unpaired) electrons. The molecule has 6 heteroatoms. The van der Waals surface area contributed by atoms with Crippen LogP contribution in [0, 0.1) is 0 Å². The lowest BCUT2D eigenvalue weighted by molar-refractivity contribution is -0.122. The highest BCUT2D eigenvalue weighted by Crippen LogP contribution is 2.22. The fourth-order valence-corrected chi connectivity index (χ4v) is 3.01. The van der Waals surface area contributed by atoms with Crippen molar-refractivity contribution in [2.24, 2.45) is 0 Å². The summed E-state index contributed by atoms with van der Waals surface area (Å²) in [6, 6.07) is 14.9. The number of rotatable bonds is 8. The summed E-state index contributed by atoms with van der Waals surface area (Å²) in [5.74, 6) is -0.617. The summed E-state index contributed by atoms with van der Waals surface area (Å²) in [5.41, 5.74) is 0.978. The van der Waals surface area contributed by atoms with Crippen LogP contribution in [-0.4, -0.2) is 24.5 Å². The van der Waals surface area contributed by atoms with E-state index in [2.05, 4.69) is 12.2 Å². The number of nitrogens with one attached hydrogen (secondary N) is 1. The van der Waals surface area contributed by atoms with Crippen LogP contribution >= 0.6 is 0 Å². The molecule has 0 unspecified atom stereocenters. The monoisotopic (exact) mass is 392 g/mol. The highest BCUT2D eigenvalue weighted by molar-refractivity contribution is 6.39. The third-order valence-electron chi connectivity index (χ3n) is 4.57. The summed E-state index contributed by atoms with van der Waals surface area (Å²) in [5, 5.41) is 2.22. The third kappa shape index (κ3) is 5.10. The van der Waals surface area contributed by atoms with Gasteiger partial charge in [-0.15, -0.1) is 0 Å². The zero-order chi connectivity index (χ0) is 20.6. The lowest BCUT2D eigenvalue weighted by Crippen LogP contribution is -2.54. The van der Waals surface area contributed by atoms with Gasteiger partial charge in [-0.1, -0.05) is 56.5 Å². The Morgan fingerprint density at radius 3 is 2.34 bits per heavy atom. The van der Waals surface area contributed by atoms with Crippen LogP contribution in [-0.2, 0) is 9.59 Å². The Bertz CT molecular complexity index is 904. The van der Waals surface area contributed by atoms with E-state index in [1.54, 1.807) is 54.6 Å². The van der Waals surface area contributed by atoms with Gasteiger partial charge in [0, 0.05) is 0 Å². The van der Waals surface area contributed by atoms with Crippen molar-refractivity contribution in [2.45, 2.75) is 32.6 Å². The Kier molecular flexibility index (Phi) is 6.79. The number of hydrogen-bond donors (Lipinski definition) is 1. The maximum atomic E-state index is 12.8. The molecular formula is C23H24N2O4. The summed E-state index contributed by atoms with van der Waals surface area (Å²) < 4.78 is 5.71. The zero-order valence-corrected chi connectivity index (χ0v) is 16.4. The number of hydrogen-bond acceptors (Lipinski definition) is 4. The summed E-state index contributed by atoms with van der Waals surface area (Å²) in [7, 11) is 0. The van der Waals surface area contributed by atoms with Crippen LogP contribution in [0.4, 0.5) is 10.5 Å². The van der Waals surface area contributed by atoms with Gasteiger partial charge in [-0.3, -0.25) is 14.9 Å². The summed E-state index contributed by atoms with van der Waals surface area (Å²) >= 11 is 0. The molecule has 29 heavy (non-hydrogen) atoms. The molecule has 0 spiro atoms. The van der Waals surface area contributed by atoms with Gasteiger partial charge in [-0.05, 0) is 42.3 Å². The Labute approximate surface area is 170 Å². The van der Waals surface area contributed by atoms with Gasteiger partial charge in [0.2, 0.25) is 0 Å². The number of imide groups is 2. The molecule has 1 N–H and O–H groups in total. The number of urea groups is 1. The van der Waals surface area contributed by atoms with Gasteiger partial charge in [0.15, 0.2) is 0 Å². The fraction of sp³-hybridized carbons (Fsp3) is 0.261. The molecule has 1 aliphatic heterocycles. The molecule has 6 nitrogen and oxygen atoms in total. The largest absolute Gasteiger partial charge is 0.494 e. The molecule has 1 heterocycles. The van der Waals surface area contributed by atoms with Gasteiger partial charge < -0.3 is 4.74 Å². The van der Waals surface area contributed by atoms with Crippen LogP contribution in [0.1, 0.15) is 38.2 Å². The standard InChI is InChI=1S/C23H24N2O4/c1-2-3-4-8-15-29-19-13-11-17(12-14-19)16-20-21(26)24-23(28)25(22(20)27)18-9-6-5-7-10-18/h5-7,9-14,16H,2-4,8,15H2,1H3,(H,24,26,28)/b20-16-. The van der Waals surface area contributed by atoms with E-state index in [9.17, 15) is 14.4 Å². The molecule has 150 valence electrons. The first-order valence-electron chi connectivity index (χ1n) is 9.79. The predicted molar refractivity (Wildman–Crippen MR) is 112 cm³/mol. The first kappa shape index (κ1) is 20.3. The van der Waals surface area contributed by atoms with Gasteiger partial charge >= 0.3 is 6.03 Å². The number of amides is 4. The van der Waals surface area contributed by atoms with E-state index < -0.39 is 17.8 Å². The molecule has 1 saturated heterocycles. The Morgan fingerprint density at radius 1 is 0.931 bits per heavy atom. The van der Waals surface area contributed by atoms with E-state index >= 15 is 0 Å². The van der Waals surface area contributed by atoms with E-state index in [4.69, 9.17) is 4.74 Å². The number of unbranched alkanes of at least 4 members (excludes halogenated alkanes) is 3. The molecule has 4 amide bonds. The van der Waals surface area contributed by atoms with Crippen LogP contribution in [0.3, 0.4) is 0 Å². The number of benzene rings is 2. The van der Waals surface area contributed by atoms with Crippen molar-refractivity contribution in [2.75, 3.05) is 11.5 Å². The molecule has 3 rings (SSSR count). The number of anilines is 1. The smallest absolute Gasteiger partial charge is 0.335 e. The average Bonchev–Trinajstić information content (AvgIpc) is 2.72. The number of para-hydroxylation sites is 1. The van der Waals surface area contributed by atoms with Crippen LogP contribution < -0.4 is 15.0 Å². The van der Waals surface area contributed by atoms with E-state index in [0.717, 1.165) is 23.5 Å². The molecule has 0 atom stereocenters. The van der Waals surface area contributed by atoms with E-state index in [1.807, 2.05) is 0 Å². The van der Waals surface area contributed by atoms with Crippen molar-refractivity contribution in [3.63, 3.8) is 0 Å². The molecule has 1 fully saturated rings. The van der Waals surface area contributed by atoms with Crippen molar-refractivity contribution >= 4 is 29.6 Å². The summed E-state index contributed by atoms with van der Waals surface area (Å²) in [6.45, 7) is 2.83. The normalized spacial score (nSPS) is 15.6.